The van der Waals surface area contributed by atoms with Gasteiger partial charge in [-0.3, -0.25) is 9.78 Å². The van der Waals surface area contributed by atoms with Gasteiger partial charge in [0.05, 0.1) is 11.3 Å². The van der Waals surface area contributed by atoms with Gasteiger partial charge in [-0.1, -0.05) is 82.8 Å². The fourth-order valence-corrected chi connectivity index (χ4v) is 5.28. The third-order valence-electron chi connectivity index (χ3n) is 7.73. The van der Waals surface area contributed by atoms with E-state index in [9.17, 15) is 4.79 Å². The van der Waals surface area contributed by atoms with E-state index in [1.54, 1.807) is 0 Å². The first-order valence-corrected chi connectivity index (χ1v) is 14.0. The first-order chi connectivity index (χ1) is 18.2. The van der Waals surface area contributed by atoms with Crippen molar-refractivity contribution in [3.8, 4) is 11.3 Å². The monoisotopic (exact) mass is 715 g/mol. The van der Waals surface area contributed by atoms with Crippen molar-refractivity contribution >= 4 is 27.5 Å². The fraction of sp³-hybridized carbons (Fsp3) is 0.389. The number of aliphatic hydroxyl groups is 1. The Labute approximate surface area is 254 Å². The van der Waals surface area contributed by atoms with Crippen LogP contribution in [-0.2, 0) is 35.7 Å². The number of carbonyl (C=O) groups is 1. The molecule has 0 aliphatic heterocycles. The van der Waals surface area contributed by atoms with Crippen molar-refractivity contribution in [3.63, 3.8) is 0 Å². The molecular weight excluding hydrogens is 671 g/mol. The van der Waals surface area contributed by atoms with Crippen LogP contribution < -0.4 is 0 Å². The van der Waals surface area contributed by atoms with Crippen LogP contribution in [0.2, 0.25) is 0 Å². The maximum absolute atomic E-state index is 10.0. The summed E-state index contributed by atoms with van der Waals surface area (Å²) in [5.74, 6) is -0.0625. The van der Waals surface area contributed by atoms with Crippen LogP contribution in [0.5, 0.6) is 0 Å². The van der Waals surface area contributed by atoms with E-state index >= 15 is 0 Å². The standard InChI is InChI=1S/C31H36N.C5H8O2.Ir/c1-9-31(8,10-2)26-19-27(32-28-16-20(3)15-21(4)29(26)28)23-17-22-13-11-12-14-24(22)25(18-23)30(5,6)7;1-4(6)3-5(2)7;/h11-16,18-19H,9-10H2,1-8H3;3,6H,1-2H3;/q-1;;/b;4-3-;. The van der Waals surface area contributed by atoms with E-state index in [0.29, 0.717) is 0 Å². The maximum Gasteiger partial charge on any atom is 0.155 e. The van der Waals surface area contributed by atoms with Crippen LogP contribution in [0, 0.1) is 19.9 Å². The molecule has 0 aliphatic carbocycles. The van der Waals surface area contributed by atoms with Gasteiger partial charge in [0.25, 0.3) is 0 Å². The third kappa shape index (κ3) is 7.47. The Morgan fingerprint density at radius 3 is 2.10 bits per heavy atom. The van der Waals surface area contributed by atoms with E-state index in [4.69, 9.17) is 10.1 Å². The zero-order valence-electron chi connectivity index (χ0n) is 25.7. The molecule has 0 saturated heterocycles. The summed E-state index contributed by atoms with van der Waals surface area (Å²) < 4.78 is 0. The van der Waals surface area contributed by atoms with Crippen LogP contribution in [-0.4, -0.2) is 15.9 Å². The average Bonchev–Trinajstić information content (AvgIpc) is 2.85. The number of aromatic nitrogens is 1. The Kier molecular flexibility index (Phi) is 11.0. The number of carbonyl (C=O) groups excluding carboxylic acids is 1. The van der Waals surface area contributed by atoms with Gasteiger partial charge < -0.3 is 5.11 Å². The van der Waals surface area contributed by atoms with Gasteiger partial charge in [-0.05, 0) is 74.1 Å². The number of aliphatic hydroxyl groups excluding tert-OH is 1. The molecule has 1 radical (unpaired) electrons. The second kappa shape index (κ2) is 13.2. The molecule has 0 unspecified atom stereocenters. The normalized spacial score (nSPS) is 12.1. The molecule has 1 N–H and O–H groups in total. The van der Waals surface area contributed by atoms with Crippen LogP contribution in [0.3, 0.4) is 0 Å². The molecule has 215 valence electrons. The molecule has 0 amide bonds. The number of benzene rings is 3. The van der Waals surface area contributed by atoms with Crippen LogP contribution in [0.25, 0.3) is 32.9 Å². The number of hydrogen-bond donors (Lipinski definition) is 1. The number of ketones is 1. The third-order valence-corrected chi connectivity index (χ3v) is 7.73. The minimum atomic E-state index is -0.125. The zero-order valence-corrected chi connectivity index (χ0v) is 28.1. The molecule has 0 spiro atoms. The summed E-state index contributed by atoms with van der Waals surface area (Å²) in [4.78, 5) is 15.2. The first kappa shape index (κ1) is 33.4. The second-order valence-electron chi connectivity index (χ2n) is 12.1. The van der Waals surface area contributed by atoms with Crippen LogP contribution in [0.4, 0.5) is 0 Å². The average molecular weight is 715 g/mol. The van der Waals surface area contributed by atoms with E-state index < -0.39 is 0 Å². The van der Waals surface area contributed by atoms with Crippen molar-refractivity contribution in [2.24, 2.45) is 0 Å². The van der Waals surface area contributed by atoms with Crippen LogP contribution in [0.1, 0.15) is 90.5 Å². The van der Waals surface area contributed by atoms with Gasteiger partial charge in [-0.2, -0.15) is 0 Å². The van der Waals surface area contributed by atoms with E-state index in [2.05, 4.69) is 110 Å². The molecule has 0 fully saturated rings. The summed E-state index contributed by atoms with van der Waals surface area (Å²) in [6, 6.07) is 21.5. The van der Waals surface area contributed by atoms with Crippen LogP contribution >= 0.6 is 0 Å². The van der Waals surface area contributed by atoms with Gasteiger partial charge in [0.2, 0.25) is 0 Å². The van der Waals surface area contributed by atoms with Gasteiger partial charge >= 0.3 is 0 Å². The number of nitrogens with zero attached hydrogens (tertiary/aromatic N) is 1. The van der Waals surface area contributed by atoms with Crippen molar-refractivity contribution in [3.05, 3.63) is 88.7 Å². The molecule has 4 heteroatoms. The Bertz CT molecular complexity index is 1530. The molecular formula is C36H44IrNO2-. The Hall–Kier alpha value is -2.81. The van der Waals surface area contributed by atoms with E-state index in [1.807, 2.05) is 0 Å². The number of rotatable bonds is 5. The van der Waals surface area contributed by atoms with E-state index in [0.717, 1.165) is 35.0 Å². The molecule has 4 rings (SSSR count). The molecule has 3 aromatic carbocycles. The van der Waals surface area contributed by atoms with Crippen molar-refractivity contribution < 1.29 is 30.0 Å². The Balaban J connectivity index is 0.000000623. The number of hydrogen-bond acceptors (Lipinski definition) is 3. The molecule has 40 heavy (non-hydrogen) atoms. The zero-order chi connectivity index (χ0) is 29.1. The Morgan fingerprint density at radius 1 is 0.950 bits per heavy atom. The summed E-state index contributed by atoms with van der Waals surface area (Å²) in [6.07, 6.45) is 3.37. The van der Waals surface area contributed by atoms with Gasteiger partial charge in [0.15, 0.2) is 5.78 Å². The van der Waals surface area contributed by atoms with E-state index in [1.165, 1.54) is 52.9 Å². The van der Waals surface area contributed by atoms with Gasteiger partial charge in [0, 0.05) is 37.3 Å². The molecule has 3 nitrogen and oxygen atoms in total. The number of aryl methyl sites for hydroxylation is 2. The number of fused-ring (bicyclic) bond motifs is 2. The topological polar surface area (TPSA) is 50.2 Å². The van der Waals surface area contributed by atoms with Crippen molar-refractivity contribution in [2.75, 3.05) is 0 Å². The number of allylic oxidation sites excluding steroid dienone is 2. The quantitative estimate of drug-likeness (QED) is 0.127. The summed E-state index contributed by atoms with van der Waals surface area (Å²) in [7, 11) is 0. The van der Waals surface area contributed by atoms with Gasteiger partial charge in [-0.25, -0.2) is 0 Å². The molecule has 0 atom stereocenters. The summed E-state index contributed by atoms with van der Waals surface area (Å²) in [6.45, 7) is 21.1. The largest absolute Gasteiger partial charge is 0.512 e. The molecule has 0 saturated carbocycles. The fourth-order valence-electron chi connectivity index (χ4n) is 5.28. The smallest absolute Gasteiger partial charge is 0.155 e. The molecule has 4 aromatic rings. The number of pyridine rings is 1. The van der Waals surface area contributed by atoms with Crippen LogP contribution in [0.15, 0.2) is 60.4 Å². The minimum Gasteiger partial charge on any atom is -0.512 e. The van der Waals surface area contributed by atoms with Crippen molar-refractivity contribution in [1.82, 2.24) is 4.98 Å². The van der Waals surface area contributed by atoms with Gasteiger partial charge in [-0.15, -0.1) is 29.1 Å². The van der Waals surface area contributed by atoms with E-state index in [-0.39, 0.29) is 42.5 Å². The van der Waals surface area contributed by atoms with Crippen molar-refractivity contribution in [1.29, 1.82) is 0 Å². The SMILES string of the molecule is CC(=O)/C=C(/C)O.CCC(C)(CC)c1cc(-c2[c-]c3ccccc3c(C(C)(C)C)c2)nc2cc(C)cc(C)c12.[Ir]. The minimum absolute atomic E-state index is 0. The van der Waals surface area contributed by atoms with Crippen molar-refractivity contribution in [2.45, 2.75) is 92.9 Å². The first-order valence-electron chi connectivity index (χ1n) is 14.0. The summed E-state index contributed by atoms with van der Waals surface area (Å²) in [5, 5.41) is 12.1. The molecule has 1 aromatic heterocycles. The molecule has 1 heterocycles. The second-order valence-corrected chi connectivity index (χ2v) is 12.1. The molecule has 0 bridgehead atoms. The summed E-state index contributed by atoms with van der Waals surface area (Å²) >= 11 is 0. The Morgan fingerprint density at radius 2 is 1.57 bits per heavy atom. The predicted octanol–water partition coefficient (Wildman–Crippen LogP) is 9.88. The summed E-state index contributed by atoms with van der Waals surface area (Å²) in [5.41, 5.74) is 8.71. The predicted molar refractivity (Wildman–Crippen MR) is 167 cm³/mol. The molecule has 0 aliphatic rings. The maximum atomic E-state index is 10.0. The van der Waals surface area contributed by atoms with Gasteiger partial charge in [0.1, 0.15) is 0 Å².